The summed E-state index contributed by atoms with van der Waals surface area (Å²) in [7, 11) is 0. The van der Waals surface area contributed by atoms with Gasteiger partial charge in [0.15, 0.2) is 0 Å². The summed E-state index contributed by atoms with van der Waals surface area (Å²) < 4.78 is 0. The van der Waals surface area contributed by atoms with Crippen molar-refractivity contribution in [3.05, 3.63) is 0 Å². The van der Waals surface area contributed by atoms with Crippen molar-refractivity contribution in [2.45, 2.75) is 39.4 Å². The Morgan fingerprint density at radius 2 is 1.67 bits per heavy atom. The summed E-state index contributed by atoms with van der Waals surface area (Å²) >= 11 is 0. The Balaban J connectivity index is 3.58. The molecule has 0 fully saturated rings. The second-order valence-electron chi connectivity index (χ2n) is 2.71. The van der Waals surface area contributed by atoms with Gasteiger partial charge in [-0.05, 0) is 12.3 Å². The second-order valence-corrected chi connectivity index (χ2v) is 2.71. The van der Waals surface area contributed by atoms with Crippen LogP contribution < -0.4 is 0 Å². The molecular weight excluding hydrogens is 116 g/mol. The summed E-state index contributed by atoms with van der Waals surface area (Å²) in [6.07, 6.45) is -0.487. The Morgan fingerprint density at radius 1 is 1.22 bits per heavy atom. The van der Waals surface area contributed by atoms with Gasteiger partial charge in [0.2, 0.25) is 0 Å². The first-order valence-electron chi connectivity index (χ1n) is 3.45. The highest BCUT2D eigenvalue weighted by Gasteiger charge is 2.16. The lowest BCUT2D eigenvalue weighted by Gasteiger charge is -2.18. The van der Waals surface area contributed by atoms with E-state index in [4.69, 9.17) is 10.2 Å². The van der Waals surface area contributed by atoms with Crippen LogP contribution in [0.3, 0.4) is 0 Å². The Kier molecular flexibility index (Phi) is 3.82. The summed E-state index contributed by atoms with van der Waals surface area (Å²) in [5.74, 6) is 0.153. The van der Waals surface area contributed by atoms with Crippen molar-refractivity contribution >= 4 is 0 Å². The molecule has 2 atom stereocenters. The minimum atomic E-state index is -0.560. The number of hydrogen-bond donors (Lipinski definition) is 2. The van der Waals surface area contributed by atoms with Crippen molar-refractivity contribution in [3.63, 3.8) is 0 Å². The van der Waals surface area contributed by atoms with Gasteiger partial charge >= 0.3 is 0 Å². The maximum atomic E-state index is 9.14. The molecule has 0 aromatic rings. The van der Waals surface area contributed by atoms with E-state index in [9.17, 15) is 0 Å². The lowest BCUT2D eigenvalue weighted by atomic mass is 10.0. The summed E-state index contributed by atoms with van der Waals surface area (Å²) in [5, 5.41) is 18.2. The van der Waals surface area contributed by atoms with E-state index in [1.54, 1.807) is 0 Å². The molecule has 56 valence electrons. The third-order valence-corrected chi connectivity index (χ3v) is 1.50. The summed E-state index contributed by atoms with van der Waals surface area (Å²) in [6, 6.07) is 0. The topological polar surface area (TPSA) is 40.5 Å². The minimum absolute atomic E-state index is 0.153. The zero-order valence-corrected chi connectivity index (χ0v) is 6.33. The molecule has 2 N–H and O–H groups in total. The molecule has 2 unspecified atom stereocenters. The number of aliphatic hydroxyl groups excluding tert-OH is 2. The number of rotatable bonds is 3. The summed E-state index contributed by atoms with van der Waals surface area (Å²) in [6.45, 7) is 5.64. The van der Waals surface area contributed by atoms with Crippen molar-refractivity contribution in [3.8, 4) is 0 Å². The van der Waals surface area contributed by atoms with Crippen molar-refractivity contribution in [2.24, 2.45) is 5.92 Å². The van der Waals surface area contributed by atoms with Gasteiger partial charge in [0.1, 0.15) is 0 Å². The average Bonchev–Trinajstić information content (AvgIpc) is 1.84. The molecule has 0 saturated carbocycles. The predicted octanol–water partition coefficient (Wildman–Crippen LogP) is 0.774. The van der Waals surface area contributed by atoms with E-state index in [0.29, 0.717) is 6.42 Å². The van der Waals surface area contributed by atoms with Gasteiger partial charge in [-0.3, -0.25) is 0 Å². The first kappa shape index (κ1) is 8.92. The van der Waals surface area contributed by atoms with E-state index in [-0.39, 0.29) is 5.92 Å². The van der Waals surface area contributed by atoms with Crippen LogP contribution in [0.25, 0.3) is 0 Å². The minimum Gasteiger partial charge on any atom is -0.390 e. The Labute approximate surface area is 56.5 Å². The smallest absolute Gasteiger partial charge is 0.0821 e. The van der Waals surface area contributed by atoms with Crippen LogP contribution >= 0.6 is 0 Å². The highest BCUT2D eigenvalue weighted by Crippen LogP contribution is 2.07. The molecule has 0 aromatic heterocycles. The SMILES string of the molecule is CCC(O)C(O)C(C)C. The molecule has 0 radical (unpaired) electrons. The largest absolute Gasteiger partial charge is 0.390 e. The van der Waals surface area contributed by atoms with E-state index in [2.05, 4.69) is 0 Å². The lowest BCUT2D eigenvalue weighted by molar-refractivity contribution is -0.00946. The fourth-order valence-electron chi connectivity index (χ4n) is 0.686. The summed E-state index contributed by atoms with van der Waals surface area (Å²) in [4.78, 5) is 0. The van der Waals surface area contributed by atoms with E-state index < -0.39 is 12.2 Å². The second kappa shape index (κ2) is 3.85. The fraction of sp³-hybridized carbons (Fsp3) is 1.00. The summed E-state index contributed by atoms with van der Waals surface area (Å²) in [5.41, 5.74) is 0. The molecule has 2 nitrogen and oxygen atoms in total. The normalized spacial score (nSPS) is 18.0. The molecule has 0 heterocycles. The molecule has 0 aromatic carbocycles. The Hall–Kier alpha value is -0.0800. The first-order valence-corrected chi connectivity index (χ1v) is 3.45. The van der Waals surface area contributed by atoms with Gasteiger partial charge in [0.05, 0.1) is 12.2 Å². The Morgan fingerprint density at radius 3 is 1.78 bits per heavy atom. The zero-order valence-electron chi connectivity index (χ0n) is 6.33. The Bertz CT molecular complexity index is 71.3. The monoisotopic (exact) mass is 132 g/mol. The maximum absolute atomic E-state index is 9.14. The third kappa shape index (κ3) is 2.82. The van der Waals surface area contributed by atoms with Gasteiger partial charge in [-0.25, -0.2) is 0 Å². The average molecular weight is 132 g/mol. The van der Waals surface area contributed by atoms with Gasteiger partial charge in [-0.15, -0.1) is 0 Å². The van der Waals surface area contributed by atoms with Gasteiger partial charge < -0.3 is 10.2 Å². The van der Waals surface area contributed by atoms with E-state index in [1.807, 2.05) is 20.8 Å². The molecule has 0 aliphatic carbocycles. The van der Waals surface area contributed by atoms with Crippen LogP contribution in [0.1, 0.15) is 27.2 Å². The van der Waals surface area contributed by atoms with Crippen LogP contribution in [0.4, 0.5) is 0 Å². The molecule has 9 heavy (non-hydrogen) atoms. The van der Waals surface area contributed by atoms with Gasteiger partial charge in [-0.1, -0.05) is 20.8 Å². The molecule has 2 heteroatoms. The van der Waals surface area contributed by atoms with Crippen LogP contribution in [-0.4, -0.2) is 22.4 Å². The number of aliphatic hydroxyl groups is 2. The van der Waals surface area contributed by atoms with Crippen molar-refractivity contribution in [2.75, 3.05) is 0 Å². The highest BCUT2D eigenvalue weighted by molar-refractivity contribution is 4.67. The van der Waals surface area contributed by atoms with E-state index in [0.717, 1.165) is 0 Å². The molecule has 0 aliphatic rings. The van der Waals surface area contributed by atoms with Crippen molar-refractivity contribution in [1.82, 2.24) is 0 Å². The van der Waals surface area contributed by atoms with Gasteiger partial charge in [0.25, 0.3) is 0 Å². The first-order chi connectivity index (χ1) is 4.09. The molecule has 0 amide bonds. The number of hydrogen-bond acceptors (Lipinski definition) is 2. The van der Waals surface area contributed by atoms with Crippen LogP contribution in [0.15, 0.2) is 0 Å². The molecule has 0 rings (SSSR count). The van der Waals surface area contributed by atoms with Crippen LogP contribution in [0.2, 0.25) is 0 Å². The third-order valence-electron chi connectivity index (χ3n) is 1.50. The van der Waals surface area contributed by atoms with Crippen LogP contribution in [-0.2, 0) is 0 Å². The van der Waals surface area contributed by atoms with Gasteiger partial charge in [-0.2, -0.15) is 0 Å². The van der Waals surface area contributed by atoms with Crippen LogP contribution in [0, 0.1) is 5.92 Å². The van der Waals surface area contributed by atoms with Crippen LogP contribution in [0.5, 0.6) is 0 Å². The quantitative estimate of drug-likeness (QED) is 0.595. The lowest BCUT2D eigenvalue weighted by Crippen LogP contribution is -2.29. The molecular formula is C7H16O2. The molecule has 0 saturated heterocycles. The highest BCUT2D eigenvalue weighted by atomic mass is 16.3. The predicted molar refractivity (Wildman–Crippen MR) is 37.1 cm³/mol. The van der Waals surface area contributed by atoms with E-state index >= 15 is 0 Å². The zero-order chi connectivity index (χ0) is 7.44. The molecule has 0 aliphatic heterocycles. The standard InChI is InChI=1S/C7H16O2/c1-4-6(8)7(9)5(2)3/h5-9H,4H2,1-3H3. The molecule has 0 bridgehead atoms. The van der Waals surface area contributed by atoms with E-state index in [1.165, 1.54) is 0 Å². The molecule has 0 spiro atoms. The van der Waals surface area contributed by atoms with Crippen molar-refractivity contribution < 1.29 is 10.2 Å². The fourth-order valence-corrected chi connectivity index (χ4v) is 0.686. The maximum Gasteiger partial charge on any atom is 0.0821 e. The van der Waals surface area contributed by atoms with Crippen molar-refractivity contribution in [1.29, 1.82) is 0 Å². The van der Waals surface area contributed by atoms with Gasteiger partial charge in [0, 0.05) is 0 Å².